The van der Waals surface area contributed by atoms with Crippen molar-refractivity contribution in [3.63, 3.8) is 0 Å². The van der Waals surface area contributed by atoms with Crippen LogP contribution in [0.15, 0.2) is 47.1 Å². The molecule has 2 heterocycles. The Hall–Kier alpha value is -2.96. The Morgan fingerprint density at radius 3 is 2.82 bits per heavy atom. The standard InChI is InChI=1S/C15H13FN4O2/c16-11-5-3-10(4-6-11)8-14(21)17-9-13-18-15(20-19-13)12-2-1-7-22-12/h1-7H,8-9H2,(H,17,21)(H,18,19,20). The van der Waals surface area contributed by atoms with Crippen molar-refractivity contribution in [2.75, 3.05) is 0 Å². The van der Waals surface area contributed by atoms with Gasteiger partial charge < -0.3 is 9.73 Å². The van der Waals surface area contributed by atoms with Crippen LogP contribution < -0.4 is 5.32 Å². The first kappa shape index (κ1) is 14.0. The summed E-state index contributed by atoms with van der Waals surface area (Å²) in [6.45, 7) is 0.230. The number of H-pyrrole nitrogens is 1. The quantitative estimate of drug-likeness (QED) is 0.755. The molecule has 22 heavy (non-hydrogen) atoms. The molecule has 3 aromatic rings. The zero-order chi connectivity index (χ0) is 15.4. The third-order valence-corrected chi connectivity index (χ3v) is 3.00. The molecule has 0 fully saturated rings. The van der Waals surface area contributed by atoms with Crippen LogP contribution in [-0.4, -0.2) is 21.1 Å². The van der Waals surface area contributed by atoms with Crippen molar-refractivity contribution in [3.05, 3.63) is 59.9 Å². The van der Waals surface area contributed by atoms with Crippen molar-refractivity contribution in [2.24, 2.45) is 0 Å². The van der Waals surface area contributed by atoms with Crippen molar-refractivity contribution < 1.29 is 13.6 Å². The summed E-state index contributed by atoms with van der Waals surface area (Å²) in [7, 11) is 0. The molecule has 2 aromatic heterocycles. The average Bonchev–Trinajstić information content (AvgIpc) is 3.18. The Bertz CT molecular complexity index is 750. The fourth-order valence-corrected chi connectivity index (χ4v) is 1.92. The highest BCUT2D eigenvalue weighted by atomic mass is 19.1. The number of furan rings is 1. The third-order valence-electron chi connectivity index (χ3n) is 3.00. The zero-order valence-electron chi connectivity index (χ0n) is 11.5. The lowest BCUT2D eigenvalue weighted by Crippen LogP contribution is -2.25. The average molecular weight is 300 g/mol. The van der Waals surface area contributed by atoms with Crippen LogP contribution in [-0.2, 0) is 17.8 Å². The monoisotopic (exact) mass is 300 g/mol. The van der Waals surface area contributed by atoms with Gasteiger partial charge in [-0.1, -0.05) is 12.1 Å². The summed E-state index contributed by atoms with van der Waals surface area (Å²) in [5.41, 5.74) is 0.743. The third kappa shape index (κ3) is 3.38. The van der Waals surface area contributed by atoms with E-state index >= 15 is 0 Å². The van der Waals surface area contributed by atoms with Gasteiger partial charge >= 0.3 is 0 Å². The maximum Gasteiger partial charge on any atom is 0.224 e. The molecule has 0 radical (unpaired) electrons. The summed E-state index contributed by atoms with van der Waals surface area (Å²) < 4.78 is 18.0. The Morgan fingerprint density at radius 1 is 1.27 bits per heavy atom. The van der Waals surface area contributed by atoms with Crippen LogP contribution in [0.4, 0.5) is 4.39 Å². The van der Waals surface area contributed by atoms with Crippen LogP contribution in [0.1, 0.15) is 11.4 Å². The second-order valence-corrected chi connectivity index (χ2v) is 4.66. The first-order valence-electron chi connectivity index (χ1n) is 6.67. The number of carbonyl (C=O) groups is 1. The smallest absolute Gasteiger partial charge is 0.224 e. The van der Waals surface area contributed by atoms with Crippen LogP contribution in [0.25, 0.3) is 11.6 Å². The lowest BCUT2D eigenvalue weighted by atomic mass is 10.1. The molecule has 0 spiro atoms. The van der Waals surface area contributed by atoms with Gasteiger partial charge in [0.2, 0.25) is 11.7 Å². The molecular formula is C15H13FN4O2. The number of carbonyl (C=O) groups excluding carboxylic acids is 1. The molecule has 0 aliphatic rings. The van der Waals surface area contributed by atoms with E-state index in [0.29, 0.717) is 17.4 Å². The molecule has 0 saturated carbocycles. The minimum atomic E-state index is -0.323. The van der Waals surface area contributed by atoms with E-state index < -0.39 is 0 Å². The normalized spacial score (nSPS) is 10.6. The molecule has 112 valence electrons. The molecule has 7 heteroatoms. The number of hydrogen-bond donors (Lipinski definition) is 2. The second kappa shape index (κ2) is 6.21. The van der Waals surface area contributed by atoms with Crippen LogP contribution in [0.3, 0.4) is 0 Å². The van der Waals surface area contributed by atoms with Gasteiger partial charge in [0.1, 0.15) is 11.6 Å². The van der Waals surface area contributed by atoms with Gasteiger partial charge in [0.05, 0.1) is 19.2 Å². The van der Waals surface area contributed by atoms with Crippen molar-refractivity contribution in [1.82, 2.24) is 20.5 Å². The zero-order valence-corrected chi connectivity index (χ0v) is 11.5. The SMILES string of the molecule is O=C(Cc1ccc(F)cc1)NCc1nc(-c2ccco2)n[nH]1. The van der Waals surface area contributed by atoms with E-state index in [2.05, 4.69) is 20.5 Å². The van der Waals surface area contributed by atoms with E-state index in [-0.39, 0.29) is 24.7 Å². The minimum Gasteiger partial charge on any atom is -0.461 e. The lowest BCUT2D eigenvalue weighted by Gasteiger charge is -2.03. The van der Waals surface area contributed by atoms with Crippen molar-refractivity contribution in [2.45, 2.75) is 13.0 Å². The predicted molar refractivity (Wildman–Crippen MR) is 76.0 cm³/mol. The topological polar surface area (TPSA) is 83.8 Å². The van der Waals surface area contributed by atoms with Crippen molar-refractivity contribution >= 4 is 5.91 Å². The van der Waals surface area contributed by atoms with E-state index in [1.54, 1.807) is 24.3 Å². The van der Waals surface area contributed by atoms with Crippen LogP contribution in [0, 0.1) is 5.82 Å². The Morgan fingerprint density at radius 2 is 2.09 bits per heavy atom. The molecule has 0 unspecified atom stereocenters. The van der Waals surface area contributed by atoms with Gasteiger partial charge in [0, 0.05) is 0 Å². The summed E-state index contributed by atoms with van der Waals surface area (Å²) in [6, 6.07) is 9.32. The molecule has 1 amide bonds. The highest BCUT2D eigenvalue weighted by molar-refractivity contribution is 5.78. The van der Waals surface area contributed by atoms with E-state index in [9.17, 15) is 9.18 Å². The molecule has 0 atom stereocenters. The number of benzene rings is 1. The molecule has 3 rings (SSSR count). The maximum absolute atomic E-state index is 12.8. The molecule has 0 saturated heterocycles. The molecule has 1 aromatic carbocycles. The van der Waals surface area contributed by atoms with Crippen LogP contribution >= 0.6 is 0 Å². The first-order chi connectivity index (χ1) is 10.7. The van der Waals surface area contributed by atoms with E-state index in [1.165, 1.54) is 18.4 Å². The number of nitrogens with zero attached hydrogens (tertiary/aromatic N) is 2. The molecule has 6 nitrogen and oxygen atoms in total. The summed E-state index contributed by atoms with van der Waals surface area (Å²) in [4.78, 5) is 16.0. The van der Waals surface area contributed by atoms with Gasteiger partial charge in [0.25, 0.3) is 0 Å². The van der Waals surface area contributed by atoms with Crippen LogP contribution in [0.2, 0.25) is 0 Å². The van der Waals surface area contributed by atoms with Crippen molar-refractivity contribution in [3.8, 4) is 11.6 Å². The fourth-order valence-electron chi connectivity index (χ4n) is 1.92. The number of halogens is 1. The number of amides is 1. The largest absolute Gasteiger partial charge is 0.461 e. The highest BCUT2D eigenvalue weighted by Crippen LogP contribution is 2.14. The minimum absolute atomic E-state index is 0.178. The van der Waals surface area contributed by atoms with Gasteiger partial charge in [-0.05, 0) is 29.8 Å². The van der Waals surface area contributed by atoms with Gasteiger partial charge in [-0.25, -0.2) is 9.37 Å². The number of rotatable bonds is 5. The predicted octanol–water partition coefficient (Wildman–Crippen LogP) is 2.06. The van der Waals surface area contributed by atoms with E-state index in [4.69, 9.17) is 4.42 Å². The summed E-state index contributed by atoms with van der Waals surface area (Å²) in [5, 5.41) is 9.47. The Kier molecular flexibility index (Phi) is 3.95. The van der Waals surface area contributed by atoms with E-state index in [1.807, 2.05) is 0 Å². The van der Waals surface area contributed by atoms with Gasteiger partial charge in [-0.2, -0.15) is 0 Å². The molecular weight excluding hydrogens is 287 g/mol. The first-order valence-corrected chi connectivity index (χ1v) is 6.67. The van der Waals surface area contributed by atoms with Gasteiger partial charge in [-0.3, -0.25) is 9.89 Å². The fraction of sp³-hybridized carbons (Fsp3) is 0.133. The highest BCUT2D eigenvalue weighted by Gasteiger charge is 2.09. The number of hydrogen-bond acceptors (Lipinski definition) is 4. The number of aromatic nitrogens is 3. The summed E-state index contributed by atoms with van der Waals surface area (Å²) >= 11 is 0. The van der Waals surface area contributed by atoms with E-state index in [0.717, 1.165) is 5.56 Å². The number of aromatic amines is 1. The Labute approximate surface area is 125 Å². The lowest BCUT2D eigenvalue weighted by molar-refractivity contribution is -0.120. The maximum atomic E-state index is 12.8. The van der Waals surface area contributed by atoms with Gasteiger partial charge in [-0.15, -0.1) is 5.10 Å². The number of nitrogens with one attached hydrogen (secondary N) is 2. The van der Waals surface area contributed by atoms with Crippen molar-refractivity contribution in [1.29, 1.82) is 0 Å². The van der Waals surface area contributed by atoms with Gasteiger partial charge in [0.15, 0.2) is 5.76 Å². The second-order valence-electron chi connectivity index (χ2n) is 4.66. The molecule has 0 bridgehead atoms. The molecule has 2 N–H and O–H groups in total. The molecule has 0 aliphatic carbocycles. The van der Waals surface area contributed by atoms with Crippen LogP contribution in [0.5, 0.6) is 0 Å². The summed E-state index contributed by atoms with van der Waals surface area (Å²) in [6.07, 6.45) is 1.72. The Balaban J connectivity index is 1.54. The molecule has 0 aliphatic heterocycles. The summed E-state index contributed by atoms with van der Waals surface area (Å²) in [5.74, 6) is 1.02.